The van der Waals surface area contributed by atoms with Crippen LogP contribution in [0.4, 0.5) is 0 Å². The predicted molar refractivity (Wildman–Crippen MR) is 126 cm³/mol. The zero-order valence-electron chi connectivity index (χ0n) is 18.6. The Morgan fingerprint density at radius 1 is 1.00 bits per heavy atom. The highest BCUT2D eigenvalue weighted by Gasteiger charge is 2.23. The third kappa shape index (κ3) is 3.37. The fourth-order valence-electron chi connectivity index (χ4n) is 4.45. The van der Waals surface area contributed by atoms with Gasteiger partial charge in [-0.25, -0.2) is 9.50 Å². The maximum Gasteiger partial charge on any atom is 0.257 e. The summed E-state index contributed by atoms with van der Waals surface area (Å²) < 4.78 is 3.53. The van der Waals surface area contributed by atoms with E-state index in [-0.39, 0.29) is 5.91 Å². The summed E-state index contributed by atoms with van der Waals surface area (Å²) in [6, 6.07) is 8.14. The van der Waals surface area contributed by atoms with Crippen molar-refractivity contribution in [1.82, 2.24) is 39.2 Å². The maximum atomic E-state index is 13.2. The molecule has 1 saturated heterocycles. The van der Waals surface area contributed by atoms with Crippen LogP contribution in [-0.4, -0.2) is 78.3 Å². The number of pyridine rings is 2. The van der Waals surface area contributed by atoms with Crippen LogP contribution in [0.25, 0.3) is 38.9 Å². The van der Waals surface area contributed by atoms with Gasteiger partial charge in [-0.05, 0) is 36.9 Å². The molecule has 0 spiro atoms. The lowest BCUT2D eigenvalue weighted by molar-refractivity contribution is 0.0666. The second kappa shape index (κ2) is 7.56. The normalized spacial score (nSPS) is 15.0. The number of H-pyrrole nitrogens is 1. The highest BCUT2D eigenvalue weighted by molar-refractivity contribution is 6.02. The number of nitrogens with one attached hydrogen (secondary N) is 1. The van der Waals surface area contributed by atoms with Gasteiger partial charge in [0.05, 0.1) is 29.2 Å². The molecule has 166 valence electrons. The zero-order valence-corrected chi connectivity index (χ0v) is 18.6. The van der Waals surface area contributed by atoms with Crippen LogP contribution in [0, 0.1) is 0 Å². The number of piperazine rings is 1. The Morgan fingerprint density at radius 3 is 2.64 bits per heavy atom. The largest absolute Gasteiger partial charge is 0.345 e. The van der Waals surface area contributed by atoms with Crippen LogP contribution in [0.1, 0.15) is 10.4 Å². The minimum Gasteiger partial charge on any atom is -0.345 e. The molecule has 0 aliphatic carbocycles. The summed E-state index contributed by atoms with van der Waals surface area (Å²) in [6.45, 7) is 3.25. The molecular weight excluding hydrogens is 416 g/mol. The minimum absolute atomic E-state index is 0.0388. The molecule has 0 aromatic carbocycles. The molecule has 9 nitrogen and oxygen atoms in total. The second-order valence-corrected chi connectivity index (χ2v) is 8.60. The van der Waals surface area contributed by atoms with Gasteiger partial charge in [0.15, 0.2) is 0 Å². The average Bonchev–Trinajstić information content (AvgIpc) is 3.56. The molecule has 1 aliphatic heterocycles. The summed E-state index contributed by atoms with van der Waals surface area (Å²) in [7, 11) is 3.98. The number of fused-ring (bicyclic) bond motifs is 2. The lowest BCUT2D eigenvalue weighted by Crippen LogP contribution is -2.47. The SMILES string of the molecule is CN1CCN(C(=O)c2cnn3ccc(-c4c[nH]c5nc(-c6cnn(C)c6)ccc45)cc23)CC1. The summed E-state index contributed by atoms with van der Waals surface area (Å²) in [4.78, 5) is 25.4. The van der Waals surface area contributed by atoms with E-state index in [4.69, 9.17) is 4.98 Å². The molecule has 5 aromatic heterocycles. The number of carbonyl (C=O) groups is 1. The number of hydrogen-bond acceptors (Lipinski definition) is 5. The van der Waals surface area contributed by atoms with E-state index in [1.165, 1.54) is 0 Å². The Labute approximate surface area is 190 Å². The van der Waals surface area contributed by atoms with E-state index in [9.17, 15) is 4.79 Å². The summed E-state index contributed by atoms with van der Waals surface area (Å²) in [6.07, 6.45) is 9.31. The van der Waals surface area contributed by atoms with Gasteiger partial charge >= 0.3 is 0 Å². The number of aromatic nitrogens is 6. The predicted octanol–water partition coefficient (Wildman–Crippen LogP) is 2.67. The molecule has 6 heterocycles. The smallest absolute Gasteiger partial charge is 0.257 e. The van der Waals surface area contributed by atoms with Crippen molar-refractivity contribution < 1.29 is 4.79 Å². The fraction of sp³-hybridized carbons (Fsp3) is 0.250. The number of likely N-dealkylation sites (N-methyl/N-ethyl adjacent to an activating group) is 1. The van der Waals surface area contributed by atoms with Gasteiger partial charge in [-0.3, -0.25) is 9.48 Å². The van der Waals surface area contributed by atoms with E-state index < -0.39 is 0 Å². The first kappa shape index (κ1) is 19.7. The van der Waals surface area contributed by atoms with Gasteiger partial charge in [0.1, 0.15) is 5.65 Å². The average molecular weight is 441 g/mol. The molecule has 6 rings (SSSR count). The molecule has 33 heavy (non-hydrogen) atoms. The van der Waals surface area contributed by atoms with Gasteiger partial charge in [0, 0.05) is 68.3 Å². The van der Waals surface area contributed by atoms with Gasteiger partial charge in [-0.15, -0.1) is 0 Å². The minimum atomic E-state index is 0.0388. The molecule has 0 saturated carbocycles. The van der Waals surface area contributed by atoms with Crippen molar-refractivity contribution in [3.8, 4) is 22.4 Å². The van der Waals surface area contributed by atoms with Crippen LogP contribution in [0.15, 0.2) is 55.2 Å². The number of hydrogen-bond donors (Lipinski definition) is 1. The Morgan fingerprint density at radius 2 is 1.85 bits per heavy atom. The molecule has 0 radical (unpaired) electrons. The van der Waals surface area contributed by atoms with Crippen LogP contribution < -0.4 is 0 Å². The van der Waals surface area contributed by atoms with E-state index in [0.717, 1.165) is 65.1 Å². The number of aryl methyl sites for hydroxylation is 1. The number of amides is 1. The zero-order chi connectivity index (χ0) is 22.5. The van der Waals surface area contributed by atoms with Crippen LogP contribution in [0.2, 0.25) is 0 Å². The molecule has 0 unspecified atom stereocenters. The van der Waals surface area contributed by atoms with Gasteiger partial charge in [-0.2, -0.15) is 10.2 Å². The molecule has 1 amide bonds. The van der Waals surface area contributed by atoms with Crippen LogP contribution in [0.5, 0.6) is 0 Å². The lowest BCUT2D eigenvalue weighted by atomic mass is 10.1. The van der Waals surface area contributed by atoms with Gasteiger partial charge in [-0.1, -0.05) is 0 Å². The van der Waals surface area contributed by atoms with E-state index in [1.54, 1.807) is 15.4 Å². The van der Waals surface area contributed by atoms with E-state index in [2.05, 4.69) is 33.2 Å². The lowest BCUT2D eigenvalue weighted by Gasteiger charge is -2.32. The molecule has 1 N–H and O–H groups in total. The Hall–Kier alpha value is -3.98. The van der Waals surface area contributed by atoms with E-state index in [1.807, 2.05) is 54.9 Å². The number of rotatable bonds is 3. The van der Waals surface area contributed by atoms with E-state index in [0.29, 0.717) is 5.56 Å². The standard InChI is InChI=1S/C24H24N8O/c1-29-7-9-31(10-8-29)24(33)20-14-27-32-6-5-16(11-22(20)32)19-13-25-23-18(19)3-4-21(28-23)17-12-26-30(2)15-17/h3-6,11-15H,7-10H2,1-2H3,(H,25,28). The van der Waals surface area contributed by atoms with Crippen LogP contribution >= 0.6 is 0 Å². The topological polar surface area (TPSA) is 87.3 Å². The molecular formula is C24H24N8O. The first-order valence-electron chi connectivity index (χ1n) is 11.0. The van der Waals surface area contributed by atoms with Crippen molar-refractivity contribution in [1.29, 1.82) is 0 Å². The highest BCUT2D eigenvalue weighted by Crippen LogP contribution is 2.31. The summed E-state index contributed by atoms with van der Waals surface area (Å²) in [5.74, 6) is 0.0388. The maximum absolute atomic E-state index is 13.2. The molecule has 9 heteroatoms. The monoisotopic (exact) mass is 440 g/mol. The molecule has 0 atom stereocenters. The van der Waals surface area contributed by atoms with Crippen molar-refractivity contribution in [3.05, 3.63) is 60.8 Å². The van der Waals surface area contributed by atoms with Crippen LogP contribution in [0.3, 0.4) is 0 Å². The quantitative estimate of drug-likeness (QED) is 0.466. The van der Waals surface area contributed by atoms with Gasteiger partial charge in [0.2, 0.25) is 0 Å². The van der Waals surface area contributed by atoms with Crippen LogP contribution in [-0.2, 0) is 7.05 Å². The third-order valence-corrected chi connectivity index (χ3v) is 6.39. The summed E-state index contributed by atoms with van der Waals surface area (Å²) in [5.41, 5.74) is 6.16. The molecule has 1 aliphatic rings. The highest BCUT2D eigenvalue weighted by atomic mass is 16.2. The number of aromatic amines is 1. The third-order valence-electron chi connectivity index (χ3n) is 6.39. The van der Waals surface area contributed by atoms with Gasteiger partial charge < -0.3 is 14.8 Å². The second-order valence-electron chi connectivity index (χ2n) is 8.60. The van der Waals surface area contributed by atoms with Crippen molar-refractivity contribution in [2.75, 3.05) is 33.2 Å². The number of nitrogens with zero attached hydrogens (tertiary/aromatic N) is 7. The summed E-state index contributed by atoms with van der Waals surface area (Å²) in [5, 5.41) is 9.67. The van der Waals surface area contributed by atoms with Crippen molar-refractivity contribution >= 4 is 22.5 Å². The summed E-state index contributed by atoms with van der Waals surface area (Å²) >= 11 is 0. The first-order valence-corrected chi connectivity index (χ1v) is 11.0. The molecule has 5 aromatic rings. The van der Waals surface area contributed by atoms with Crippen molar-refractivity contribution in [3.63, 3.8) is 0 Å². The molecule has 1 fully saturated rings. The van der Waals surface area contributed by atoms with E-state index >= 15 is 0 Å². The fourth-order valence-corrected chi connectivity index (χ4v) is 4.45. The Kier molecular flexibility index (Phi) is 4.51. The van der Waals surface area contributed by atoms with Gasteiger partial charge in [0.25, 0.3) is 5.91 Å². The number of carbonyl (C=O) groups excluding carboxylic acids is 1. The molecule has 0 bridgehead atoms. The Balaban J connectivity index is 1.37. The Bertz CT molecular complexity index is 1480. The van der Waals surface area contributed by atoms with Crippen molar-refractivity contribution in [2.45, 2.75) is 0 Å². The van der Waals surface area contributed by atoms with Crippen molar-refractivity contribution in [2.24, 2.45) is 7.05 Å². The first-order chi connectivity index (χ1) is 16.1.